The molecule has 2 aromatic carbocycles. The van der Waals surface area contributed by atoms with Gasteiger partial charge in [-0.15, -0.1) is 0 Å². The van der Waals surface area contributed by atoms with Crippen molar-refractivity contribution < 1.29 is 17.9 Å². The van der Waals surface area contributed by atoms with Gasteiger partial charge in [-0.1, -0.05) is 11.6 Å². The summed E-state index contributed by atoms with van der Waals surface area (Å²) in [6, 6.07) is 10.8. The van der Waals surface area contributed by atoms with Crippen LogP contribution in [0.3, 0.4) is 0 Å². The molecule has 0 bridgehead atoms. The van der Waals surface area contributed by atoms with E-state index in [1.54, 1.807) is 31.2 Å². The quantitative estimate of drug-likeness (QED) is 0.775. The van der Waals surface area contributed by atoms with Crippen molar-refractivity contribution in [2.24, 2.45) is 0 Å². The summed E-state index contributed by atoms with van der Waals surface area (Å²) in [5, 5.41) is 0.132. The lowest BCUT2D eigenvalue weighted by Gasteiger charge is -2.14. The van der Waals surface area contributed by atoms with Crippen LogP contribution in [-0.2, 0) is 14.8 Å². The van der Waals surface area contributed by atoms with Crippen LogP contribution >= 0.6 is 11.6 Å². The molecule has 8 heteroatoms. The number of esters is 1. The Labute approximate surface area is 152 Å². The Hall–Kier alpha value is -2.25. The number of ether oxygens (including phenoxy) is 1. The molecule has 25 heavy (non-hydrogen) atoms. The Morgan fingerprint density at radius 1 is 1.16 bits per heavy atom. The van der Waals surface area contributed by atoms with Gasteiger partial charge in [0.05, 0.1) is 22.1 Å². The molecule has 0 saturated carbocycles. The number of sulfonamides is 1. The van der Waals surface area contributed by atoms with E-state index in [4.69, 9.17) is 16.3 Å². The minimum atomic E-state index is -3.86. The fraction of sp³-hybridized carbons (Fsp3) is 0.235. The van der Waals surface area contributed by atoms with Gasteiger partial charge in [0.25, 0.3) is 10.0 Å². The molecule has 0 aliphatic carbocycles. The Kier molecular flexibility index (Phi) is 5.92. The van der Waals surface area contributed by atoms with E-state index in [-0.39, 0.29) is 22.1 Å². The molecule has 0 fully saturated rings. The number of anilines is 2. The number of carbonyl (C=O) groups is 1. The minimum absolute atomic E-state index is 0.00865. The molecule has 0 spiro atoms. The maximum Gasteiger partial charge on any atom is 0.339 e. The largest absolute Gasteiger partial charge is 0.462 e. The zero-order chi connectivity index (χ0) is 18.6. The molecule has 2 aromatic rings. The van der Waals surface area contributed by atoms with E-state index in [1.165, 1.54) is 18.2 Å². The summed E-state index contributed by atoms with van der Waals surface area (Å²) in [6.45, 7) is 1.83. The number of halogens is 1. The van der Waals surface area contributed by atoms with Gasteiger partial charge in [-0.2, -0.15) is 0 Å². The van der Waals surface area contributed by atoms with Crippen LogP contribution in [-0.4, -0.2) is 35.1 Å². The lowest BCUT2D eigenvalue weighted by atomic mass is 10.2. The van der Waals surface area contributed by atoms with E-state index in [2.05, 4.69) is 4.72 Å². The topological polar surface area (TPSA) is 75.7 Å². The molecule has 0 aromatic heterocycles. The van der Waals surface area contributed by atoms with E-state index in [1.807, 2.05) is 19.0 Å². The maximum atomic E-state index is 12.5. The summed E-state index contributed by atoms with van der Waals surface area (Å²) in [4.78, 5) is 13.7. The third-order valence-electron chi connectivity index (χ3n) is 3.38. The van der Waals surface area contributed by atoms with Crippen LogP contribution in [0.2, 0.25) is 5.02 Å². The van der Waals surface area contributed by atoms with Crippen molar-refractivity contribution in [3.8, 4) is 0 Å². The molecule has 0 radical (unpaired) electrons. The fourth-order valence-corrected chi connectivity index (χ4v) is 3.36. The predicted octanol–water partition coefficient (Wildman–Crippen LogP) is 3.38. The lowest BCUT2D eigenvalue weighted by molar-refractivity contribution is 0.0526. The van der Waals surface area contributed by atoms with Crippen LogP contribution in [0.5, 0.6) is 0 Å². The first-order chi connectivity index (χ1) is 11.7. The molecule has 0 saturated heterocycles. The average Bonchev–Trinajstić information content (AvgIpc) is 2.55. The van der Waals surface area contributed by atoms with E-state index in [0.29, 0.717) is 5.69 Å². The van der Waals surface area contributed by atoms with Crippen molar-refractivity contribution in [1.82, 2.24) is 0 Å². The number of carbonyl (C=O) groups excluding carboxylic acids is 1. The van der Waals surface area contributed by atoms with Gasteiger partial charge in [-0.3, -0.25) is 4.72 Å². The molecule has 0 atom stereocenters. The molecule has 0 unspecified atom stereocenters. The van der Waals surface area contributed by atoms with Gasteiger partial charge in [0.1, 0.15) is 0 Å². The van der Waals surface area contributed by atoms with Crippen LogP contribution in [0.1, 0.15) is 17.3 Å². The van der Waals surface area contributed by atoms with Gasteiger partial charge >= 0.3 is 5.97 Å². The molecule has 1 N–H and O–H groups in total. The lowest BCUT2D eigenvalue weighted by Crippen LogP contribution is -2.15. The number of hydrogen-bond donors (Lipinski definition) is 1. The monoisotopic (exact) mass is 382 g/mol. The van der Waals surface area contributed by atoms with Gasteiger partial charge in [0, 0.05) is 25.5 Å². The second kappa shape index (κ2) is 7.76. The Bertz CT molecular complexity index is 865. The molecule has 0 amide bonds. The van der Waals surface area contributed by atoms with E-state index in [9.17, 15) is 13.2 Å². The van der Waals surface area contributed by atoms with Crippen LogP contribution < -0.4 is 9.62 Å². The van der Waals surface area contributed by atoms with Crippen LogP contribution in [0.25, 0.3) is 0 Å². The Morgan fingerprint density at radius 3 is 2.36 bits per heavy atom. The van der Waals surface area contributed by atoms with Gasteiger partial charge in [0.2, 0.25) is 0 Å². The number of hydrogen-bond acceptors (Lipinski definition) is 5. The van der Waals surface area contributed by atoms with E-state index < -0.39 is 16.0 Å². The van der Waals surface area contributed by atoms with Gasteiger partial charge in [0.15, 0.2) is 0 Å². The third kappa shape index (κ3) is 4.64. The highest BCUT2D eigenvalue weighted by molar-refractivity contribution is 7.92. The summed E-state index contributed by atoms with van der Waals surface area (Å²) < 4.78 is 32.5. The summed E-state index contributed by atoms with van der Waals surface area (Å²) >= 11 is 5.96. The predicted molar refractivity (Wildman–Crippen MR) is 99.0 cm³/mol. The van der Waals surface area contributed by atoms with Crippen molar-refractivity contribution in [3.05, 3.63) is 53.1 Å². The smallest absolute Gasteiger partial charge is 0.339 e. The summed E-state index contributed by atoms with van der Waals surface area (Å²) in [5.74, 6) is -0.667. The molecule has 0 aliphatic heterocycles. The molecule has 6 nitrogen and oxygen atoms in total. The summed E-state index contributed by atoms with van der Waals surface area (Å²) in [6.07, 6.45) is 0. The van der Waals surface area contributed by atoms with Gasteiger partial charge in [-0.25, -0.2) is 13.2 Å². The minimum Gasteiger partial charge on any atom is -0.462 e. The molecular weight excluding hydrogens is 364 g/mol. The normalized spacial score (nSPS) is 11.0. The van der Waals surface area contributed by atoms with Crippen LogP contribution in [0.4, 0.5) is 11.4 Å². The van der Waals surface area contributed by atoms with E-state index >= 15 is 0 Å². The first kappa shape index (κ1) is 19.1. The van der Waals surface area contributed by atoms with Crippen LogP contribution in [0, 0.1) is 0 Å². The first-order valence-electron chi connectivity index (χ1n) is 7.51. The summed E-state index contributed by atoms with van der Waals surface area (Å²) in [7, 11) is -0.0789. The second-order valence-electron chi connectivity index (χ2n) is 5.41. The molecule has 0 heterocycles. The fourth-order valence-electron chi connectivity index (χ4n) is 2.08. The Balaban J connectivity index is 2.30. The number of rotatable bonds is 6. The molecule has 134 valence electrons. The highest BCUT2D eigenvalue weighted by Crippen LogP contribution is 2.24. The second-order valence-corrected chi connectivity index (χ2v) is 7.50. The van der Waals surface area contributed by atoms with E-state index in [0.717, 1.165) is 5.69 Å². The highest BCUT2D eigenvalue weighted by atomic mass is 35.5. The SMILES string of the molecule is CCOC(=O)c1cc(S(=O)(=O)Nc2ccc(N(C)C)cc2)ccc1Cl. The number of benzene rings is 2. The molecule has 0 aliphatic rings. The first-order valence-corrected chi connectivity index (χ1v) is 9.37. The van der Waals surface area contributed by atoms with Crippen molar-refractivity contribution in [1.29, 1.82) is 0 Å². The van der Waals surface area contributed by atoms with Crippen molar-refractivity contribution in [2.45, 2.75) is 11.8 Å². The number of nitrogens with one attached hydrogen (secondary N) is 1. The van der Waals surface area contributed by atoms with Crippen molar-refractivity contribution in [3.63, 3.8) is 0 Å². The Morgan fingerprint density at radius 2 is 1.80 bits per heavy atom. The molecule has 2 rings (SSSR count). The highest BCUT2D eigenvalue weighted by Gasteiger charge is 2.19. The molecular formula is C17H19ClN2O4S. The number of nitrogens with zero attached hydrogens (tertiary/aromatic N) is 1. The standard InChI is InChI=1S/C17H19ClN2O4S/c1-4-24-17(21)15-11-14(9-10-16(15)18)25(22,23)19-12-5-7-13(8-6-12)20(2)3/h5-11,19H,4H2,1-3H3. The maximum absolute atomic E-state index is 12.5. The zero-order valence-electron chi connectivity index (χ0n) is 14.1. The summed E-state index contributed by atoms with van der Waals surface area (Å²) in [5.41, 5.74) is 1.37. The van der Waals surface area contributed by atoms with Gasteiger partial charge < -0.3 is 9.64 Å². The van der Waals surface area contributed by atoms with Crippen molar-refractivity contribution in [2.75, 3.05) is 30.3 Å². The zero-order valence-corrected chi connectivity index (χ0v) is 15.7. The third-order valence-corrected chi connectivity index (χ3v) is 5.09. The average molecular weight is 383 g/mol. The van der Waals surface area contributed by atoms with Crippen molar-refractivity contribution >= 4 is 39.0 Å². The van der Waals surface area contributed by atoms with Gasteiger partial charge in [-0.05, 0) is 49.4 Å². The van der Waals surface area contributed by atoms with Crippen LogP contribution in [0.15, 0.2) is 47.4 Å².